The highest BCUT2D eigenvalue weighted by molar-refractivity contribution is 6.07. The zero-order valence-electron chi connectivity index (χ0n) is 8.86. The van der Waals surface area contributed by atoms with Crippen LogP contribution in [0.3, 0.4) is 0 Å². The number of rotatable bonds is 5. The van der Waals surface area contributed by atoms with E-state index in [9.17, 15) is 13.6 Å². The van der Waals surface area contributed by atoms with Crippen LogP contribution in [0, 0.1) is 0 Å². The van der Waals surface area contributed by atoms with Gasteiger partial charge >= 0.3 is 0 Å². The monoisotopic (exact) mass is 202 g/mol. The average molecular weight is 202 g/mol. The molecule has 0 aliphatic heterocycles. The largest absolute Gasteiger partial charge is 0.289 e. The molecule has 0 N–H and O–H groups in total. The second-order valence-corrected chi connectivity index (χ2v) is 3.14. The Labute approximate surface area is 83.5 Å². The third-order valence-electron chi connectivity index (χ3n) is 2.07. The Hall–Kier alpha value is -0.990. The molecule has 0 saturated carbocycles. The van der Waals surface area contributed by atoms with E-state index in [1.807, 2.05) is 6.92 Å². The third kappa shape index (κ3) is 3.81. The normalized spacial score (nSPS) is 11.4. The van der Waals surface area contributed by atoms with E-state index in [1.165, 1.54) is 0 Å². The van der Waals surface area contributed by atoms with Crippen molar-refractivity contribution in [3.63, 3.8) is 0 Å². The van der Waals surface area contributed by atoms with Crippen molar-refractivity contribution >= 4 is 5.78 Å². The second-order valence-electron chi connectivity index (χ2n) is 3.14. The maximum atomic E-state index is 12.4. The summed E-state index contributed by atoms with van der Waals surface area (Å²) in [7, 11) is 0. The number of hydrogen-bond acceptors (Lipinski definition) is 1. The van der Waals surface area contributed by atoms with Crippen LogP contribution < -0.4 is 0 Å². The van der Waals surface area contributed by atoms with Gasteiger partial charge in [-0.2, -0.15) is 8.78 Å². The topological polar surface area (TPSA) is 17.1 Å². The molecule has 0 atom stereocenters. The van der Waals surface area contributed by atoms with E-state index in [1.54, 1.807) is 19.9 Å². The van der Waals surface area contributed by atoms with Crippen LogP contribution in [0.1, 0.15) is 40.0 Å². The van der Waals surface area contributed by atoms with E-state index in [2.05, 4.69) is 0 Å². The van der Waals surface area contributed by atoms with Crippen molar-refractivity contribution < 1.29 is 13.6 Å². The van der Waals surface area contributed by atoms with Crippen molar-refractivity contribution in [1.82, 2.24) is 0 Å². The van der Waals surface area contributed by atoms with Gasteiger partial charge in [-0.1, -0.05) is 19.4 Å². The van der Waals surface area contributed by atoms with Crippen LogP contribution in [0.15, 0.2) is 23.3 Å². The van der Waals surface area contributed by atoms with Gasteiger partial charge in [-0.3, -0.25) is 4.79 Å². The van der Waals surface area contributed by atoms with E-state index in [-0.39, 0.29) is 12.0 Å². The summed E-state index contributed by atoms with van der Waals surface area (Å²) >= 11 is 0. The lowest BCUT2D eigenvalue weighted by atomic mass is 10.0. The van der Waals surface area contributed by atoms with Gasteiger partial charge in [0, 0.05) is 0 Å². The average Bonchev–Trinajstić information content (AvgIpc) is 2.16. The molecule has 0 unspecified atom stereocenters. The Bertz CT molecular complexity index is 260. The van der Waals surface area contributed by atoms with Crippen LogP contribution in [0.4, 0.5) is 8.78 Å². The fourth-order valence-corrected chi connectivity index (χ4v) is 1.02. The number of halogens is 2. The van der Waals surface area contributed by atoms with Gasteiger partial charge in [0.05, 0.1) is 5.57 Å². The summed E-state index contributed by atoms with van der Waals surface area (Å²) in [5.41, 5.74) is 0.0475. The van der Waals surface area contributed by atoms with Crippen molar-refractivity contribution in [2.75, 3.05) is 0 Å². The van der Waals surface area contributed by atoms with Crippen molar-refractivity contribution in [1.29, 1.82) is 0 Å². The fraction of sp³-hybridized carbons (Fsp3) is 0.545. The number of hydrogen-bond donors (Lipinski definition) is 0. The number of allylic oxidation sites excluding steroid dienone is 3. The van der Waals surface area contributed by atoms with Gasteiger partial charge in [0.25, 0.3) is 6.08 Å². The number of ketones is 1. The van der Waals surface area contributed by atoms with Crippen LogP contribution in [-0.2, 0) is 4.79 Å². The fourth-order valence-electron chi connectivity index (χ4n) is 1.02. The standard InChI is InChI=1S/C11H16F2O/c1-4-6-7-9(11(12)13)10(14)8(3)5-2/h5H,4,6-7H2,1-3H3/b8-5+. The minimum atomic E-state index is -1.84. The summed E-state index contributed by atoms with van der Waals surface area (Å²) < 4.78 is 24.8. The number of Topliss-reactive ketones (excluding diaryl/α,β-unsaturated/α-hetero) is 1. The molecule has 0 bridgehead atoms. The summed E-state index contributed by atoms with van der Waals surface area (Å²) in [6.45, 7) is 5.12. The molecular formula is C11H16F2O. The van der Waals surface area contributed by atoms with Crippen molar-refractivity contribution in [3.8, 4) is 0 Å². The minimum absolute atomic E-state index is 0.169. The molecule has 0 heterocycles. The molecule has 0 amide bonds. The first-order valence-corrected chi connectivity index (χ1v) is 4.76. The molecular weight excluding hydrogens is 186 g/mol. The van der Waals surface area contributed by atoms with Crippen molar-refractivity contribution in [2.24, 2.45) is 0 Å². The van der Waals surface area contributed by atoms with E-state index in [0.29, 0.717) is 12.0 Å². The molecule has 0 fully saturated rings. The predicted octanol–water partition coefficient (Wildman–Crippen LogP) is 3.86. The zero-order valence-corrected chi connectivity index (χ0v) is 8.86. The van der Waals surface area contributed by atoms with Crippen LogP contribution in [-0.4, -0.2) is 5.78 Å². The Kier molecular flexibility index (Phi) is 6.00. The number of carbonyl (C=O) groups excluding carboxylic acids is 1. The summed E-state index contributed by atoms with van der Waals surface area (Å²) in [4.78, 5) is 11.4. The Morgan fingerprint density at radius 1 is 1.36 bits per heavy atom. The first kappa shape index (κ1) is 13.0. The molecule has 0 rings (SSSR count). The van der Waals surface area contributed by atoms with E-state index in [4.69, 9.17) is 0 Å². The molecule has 0 aromatic carbocycles. The highest BCUT2D eigenvalue weighted by Gasteiger charge is 2.16. The van der Waals surface area contributed by atoms with Gasteiger partial charge < -0.3 is 0 Å². The highest BCUT2D eigenvalue weighted by atomic mass is 19.3. The molecule has 0 saturated heterocycles. The van der Waals surface area contributed by atoms with E-state index >= 15 is 0 Å². The molecule has 80 valence electrons. The maximum absolute atomic E-state index is 12.4. The van der Waals surface area contributed by atoms with Crippen LogP contribution in [0.5, 0.6) is 0 Å². The Balaban J connectivity index is 4.70. The Morgan fingerprint density at radius 3 is 2.29 bits per heavy atom. The van der Waals surface area contributed by atoms with Crippen molar-refractivity contribution in [3.05, 3.63) is 23.3 Å². The van der Waals surface area contributed by atoms with Gasteiger partial charge in [0.2, 0.25) is 0 Å². The van der Waals surface area contributed by atoms with Crippen molar-refractivity contribution in [2.45, 2.75) is 40.0 Å². The van der Waals surface area contributed by atoms with Gasteiger partial charge in [-0.05, 0) is 32.3 Å². The number of carbonyl (C=O) groups is 1. The number of unbranched alkanes of at least 4 members (excludes halogenated alkanes) is 1. The predicted molar refractivity (Wildman–Crippen MR) is 53.2 cm³/mol. The van der Waals surface area contributed by atoms with Gasteiger partial charge in [0.1, 0.15) is 0 Å². The molecule has 1 nitrogen and oxygen atoms in total. The van der Waals surface area contributed by atoms with E-state index < -0.39 is 11.9 Å². The molecule has 0 aromatic heterocycles. The first-order chi connectivity index (χ1) is 6.54. The zero-order chi connectivity index (χ0) is 11.1. The second kappa shape index (κ2) is 6.46. The third-order valence-corrected chi connectivity index (χ3v) is 2.07. The first-order valence-electron chi connectivity index (χ1n) is 4.76. The summed E-state index contributed by atoms with van der Waals surface area (Å²) in [5, 5.41) is 0. The molecule has 0 aromatic rings. The van der Waals surface area contributed by atoms with Gasteiger partial charge in [-0.25, -0.2) is 0 Å². The SMILES string of the molecule is C/C=C(\C)C(=O)C(CCCC)=C(F)F. The van der Waals surface area contributed by atoms with Crippen LogP contribution in [0.25, 0.3) is 0 Å². The van der Waals surface area contributed by atoms with Crippen LogP contribution >= 0.6 is 0 Å². The summed E-state index contributed by atoms with van der Waals surface area (Å²) in [6.07, 6.45) is 1.30. The molecule has 14 heavy (non-hydrogen) atoms. The molecule has 0 spiro atoms. The molecule has 3 heteroatoms. The lowest BCUT2D eigenvalue weighted by Crippen LogP contribution is -2.05. The van der Waals surface area contributed by atoms with Gasteiger partial charge in [-0.15, -0.1) is 0 Å². The lowest BCUT2D eigenvalue weighted by Gasteiger charge is -2.04. The smallest absolute Gasteiger partial charge is 0.277 e. The lowest BCUT2D eigenvalue weighted by molar-refractivity contribution is -0.112. The summed E-state index contributed by atoms with van der Waals surface area (Å²) in [5.74, 6) is -0.527. The van der Waals surface area contributed by atoms with E-state index in [0.717, 1.165) is 6.42 Å². The minimum Gasteiger partial charge on any atom is -0.289 e. The molecule has 0 radical (unpaired) electrons. The highest BCUT2D eigenvalue weighted by Crippen LogP contribution is 2.19. The Morgan fingerprint density at radius 2 is 1.93 bits per heavy atom. The van der Waals surface area contributed by atoms with Crippen LogP contribution in [0.2, 0.25) is 0 Å². The van der Waals surface area contributed by atoms with Gasteiger partial charge in [0.15, 0.2) is 5.78 Å². The maximum Gasteiger partial charge on any atom is 0.277 e. The molecule has 0 aliphatic carbocycles. The quantitative estimate of drug-likeness (QED) is 0.618. The molecule has 0 aliphatic rings. The summed E-state index contributed by atoms with van der Waals surface area (Å²) in [6, 6.07) is 0.